The number of hydrogen-bond donors (Lipinski definition) is 1. The molecule has 0 atom stereocenters. The van der Waals surface area contributed by atoms with Gasteiger partial charge < -0.3 is 5.32 Å². The van der Waals surface area contributed by atoms with Crippen molar-refractivity contribution in [1.29, 1.82) is 0 Å². The Bertz CT molecular complexity index is 671. The van der Waals surface area contributed by atoms with E-state index in [1.54, 1.807) is 6.08 Å². The Morgan fingerprint density at radius 1 is 1.15 bits per heavy atom. The van der Waals surface area contributed by atoms with Gasteiger partial charge in [-0.05, 0) is 35.9 Å². The molecule has 1 N–H and O–H groups in total. The molecule has 0 saturated heterocycles. The third-order valence-corrected chi connectivity index (χ3v) is 2.96. The zero-order chi connectivity index (χ0) is 14.5. The maximum absolute atomic E-state index is 13.3. The van der Waals surface area contributed by atoms with Crippen LogP contribution >= 0.6 is 15.9 Å². The summed E-state index contributed by atoms with van der Waals surface area (Å²) in [6.07, 6.45) is 2.88. The zero-order valence-corrected chi connectivity index (χ0v) is 11.8. The van der Waals surface area contributed by atoms with Crippen LogP contribution in [0.15, 0.2) is 53.0 Å². The molecule has 0 heterocycles. The Morgan fingerprint density at radius 2 is 1.95 bits per heavy atom. The highest BCUT2D eigenvalue weighted by Gasteiger charge is 2.05. The van der Waals surface area contributed by atoms with Crippen molar-refractivity contribution in [3.63, 3.8) is 0 Å². The van der Waals surface area contributed by atoms with Gasteiger partial charge in [-0.25, -0.2) is 8.78 Å². The van der Waals surface area contributed by atoms with Gasteiger partial charge in [0.1, 0.15) is 11.6 Å². The van der Waals surface area contributed by atoms with Gasteiger partial charge in [0.25, 0.3) is 0 Å². The first-order chi connectivity index (χ1) is 9.54. The number of anilines is 1. The van der Waals surface area contributed by atoms with Crippen LogP contribution < -0.4 is 5.32 Å². The van der Waals surface area contributed by atoms with E-state index in [0.29, 0.717) is 6.07 Å². The van der Waals surface area contributed by atoms with Crippen LogP contribution in [-0.4, -0.2) is 5.91 Å². The summed E-state index contributed by atoms with van der Waals surface area (Å²) in [4.78, 5) is 11.6. The smallest absolute Gasteiger partial charge is 0.248 e. The number of benzene rings is 2. The highest BCUT2D eigenvalue weighted by Crippen LogP contribution is 2.15. The van der Waals surface area contributed by atoms with Gasteiger partial charge in [-0.2, -0.15) is 0 Å². The molecule has 20 heavy (non-hydrogen) atoms. The first kappa shape index (κ1) is 14.4. The second-order valence-corrected chi connectivity index (χ2v) is 4.92. The minimum atomic E-state index is -0.811. The molecule has 2 aromatic carbocycles. The third kappa shape index (κ3) is 3.99. The number of carbonyl (C=O) groups is 1. The molecule has 0 aliphatic rings. The van der Waals surface area contributed by atoms with Crippen LogP contribution in [0, 0.1) is 11.6 Å². The van der Waals surface area contributed by atoms with Crippen molar-refractivity contribution in [2.75, 3.05) is 5.32 Å². The second kappa shape index (κ2) is 6.43. The zero-order valence-electron chi connectivity index (χ0n) is 10.2. The number of carbonyl (C=O) groups excluding carboxylic acids is 1. The normalized spacial score (nSPS) is 10.8. The second-order valence-electron chi connectivity index (χ2n) is 4.00. The SMILES string of the molecule is O=C(/C=C/c1cccc(Br)c1)Nc1ccc(F)cc1F. The lowest BCUT2D eigenvalue weighted by molar-refractivity contribution is -0.111. The largest absolute Gasteiger partial charge is 0.320 e. The molecular formula is C15H10BrF2NO. The Hall–Kier alpha value is -2.01. The summed E-state index contributed by atoms with van der Waals surface area (Å²) in [6, 6.07) is 10.3. The van der Waals surface area contributed by atoms with Crippen molar-refractivity contribution in [1.82, 2.24) is 0 Å². The highest BCUT2D eigenvalue weighted by atomic mass is 79.9. The first-order valence-electron chi connectivity index (χ1n) is 5.74. The molecule has 1 amide bonds. The van der Waals surface area contributed by atoms with E-state index >= 15 is 0 Å². The minimum absolute atomic E-state index is 0.0599. The molecule has 0 fully saturated rings. The number of halogens is 3. The molecule has 0 aliphatic carbocycles. The number of hydrogen-bond acceptors (Lipinski definition) is 1. The first-order valence-corrected chi connectivity index (χ1v) is 6.53. The van der Waals surface area contributed by atoms with E-state index < -0.39 is 17.5 Å². The van der Waals surface area contributed by atoms with Crippen LogP contribution in [0.4, 0.5) is 14.5 Å². The summed E-state index contributed by atoms with van der Waals surface area (Å²) in [5, 5.41) is 2.34. The van der Waals surface area contributed by atoms with Crippen LogP contribution in [0.1, 0.15) is 5.56 Å². The summed E-state index contributed by atoms with van der Waals surface area (Å²) < 4.78 is 27.0. The van der Waals surface area contributed by atoms with Gasteiger partial charge in [0.05, 0.1) is 5.69 Å². The Labute approximate surface area is 123 Å². The quantitative estimate of drug-likeness (QED) is 0.827. The predicted molar refractivity (Wildman–Crippen MR) is 78.2 cm³/mol. The molecule has 5 heteroatoms. The maximum Gasteiger partial charge on any atom is 0.248 e. The van der Waals surface area contributed by atoms with Gasteiger partial charge in [0.15, 0.2) is 0 Å². The molecule has 0 spiro atoms. The molecule has 102 valence electrons. The summed E-state index contributed by atoms with van der Waals surface area (Å²) in [5.41, 5.74) is 0.768. The fourth-order valence-corrected chi connectivity index (χ4v) is 1.96. The van der Waals surface area contributed by atoms with Crippen LogP contribution in [0.2, 0.25) is 0 Å². The fraction of sp³-hybridized carbons (Fsp3) is 0. The lowest BCUT2D eigenvalue weighted by Gasteiger charge is -2.03. The topological polar surface area (TPSA) is 29.1 Å². The molecule has 2 nitrogen and oxygen atoms in total. The summed E-state index contributed by atoms with van der Waals surface area (Å²) >= 11 is 3.32. The molecule has 0 aromatic heterocycles. The van der Waals surface area contributed by atoms with E-state index in [1.165, 1.54) is 12.1 Å². The number of amides is 1. The third-order valence-electron chi connectivity index (χ3n) is 2.46. The van der Waals surface area contributed by atoms with Crippen molar-refractivity contribution in [3.05, 3.63) is 70.2 Å². The van der Waals surface area contributed by atoms with Crippen LogP contribution in [-0.2, 0) is 4.79 Å². The molecular weight excluding hydrogens is 328 g/mol. The van der Waals surface area contributed by atoms with Crippen molar-refractivity contribution in [2.24, 2.45) is 0 Å². The minimum Gasteiger partial charge on any atom is -0.320 e. The monoisotopic (exact) mass is 337 g/mol. The summed E-state index contributed by atoms with van der Waals surface area (Å²) in [7, 11) is 0. The van der Waals surface area contributed by atoms with E-state index in [-0.39, 0.29) is 5.69 Å². The molecule has 2 rings (SSSR count). The lowest BCUT2D eigenvalue weighted by atomic mass is 10.2. The van der Waals surface area contributed by atoms with Gasteiger partial charge >= 0.3 is 0 Å². The number of nitrogens with one attached hydrogen (secondary N) is 1. The highest BCUT2D eigenvalue weighted by molar-refractivity contribution is 9.10. The van der Waals surface area contributed by atoms with Crippen molar-refractivity contribution >= 4 is 33.6 Å². The fourth-order valence-electron chi connectivity index (χ4n) is 1.55. The van der Waals surface area contributed by atoms with Crippen LogP contribution in [0.5, 0.6) is 0 Å². The Balaban J connectivity index is 2.05. The van der Waals surface area contributed by atoms with Gasteiger partial charge in [-0.1, -0.05) is 28.1 Å². The molecule has 0 radical (unpaired) electrons. The van der Waals surface area contributed by atoms with E-state index in [0.717, 1.165) is 16.1 Å². The average molecular weight is 338 g/mol. The van der Waals surface area contributed by atoms with Gasteiger partial charge in [-0.3, -0.25) is 4.79 Å². The van der Waals surface area contributed by atoms with Gasteiger partial charge in [0.2, 0.25) is 5.91 Å². The maximum atomic E-state index is 13.3. The summed E-state index contributed by atoms with van der Waals surface area (Å²) in [5.74, 6) is -1.99. The standard InChI is InChI=1S/C15H10BrF2NO/c16-11-3-1-2-10(8-11)4-7-15(20)19-14-6-5-12(17)9-13(14)18/h1-9H,(H,19,20)/b7-4+. The molecule has 0 unspecified atom stereocenters. The van der Waals surface area contributed by atoms with E-state index in [9.17, 15) is 13.6 Å². The van der Waals surface area contributed by atoms with Crippen LogP contribution in [0.25, 0.3) is 6.08 Å². The van der Waals surface area contributed by atoms with E-state index in [4.69, 9.17) is 0 Å². The van der Waals surface area contributed by atoms with Crippen molar-refractivity contribution in [2.45, 2.75) is 0 Å². The molecule has 2 aromatic rings. The Morgan fingerprint density at radius 3 is 2.65 bits per heavy atom. The van der Waals surface area contributed by atoms with Gasteiger partial charge in [-0.15, -0.1) is 0 Å². The average Bonchev–Trinajstić information content (AvgIpc) is 2.40. The Kier molecular flexibility index (Phi) is 4.63. The van der Waals surface area contributed by atoms with Crippen molar-refractivity contribution < 1.29 is 13.6 Å². The molecule has 0 saturated carbocycles. The molecule has 0 aliphatic heterocycles. The van der Waals surface area contributed by atoms with E-state index in [2.05, 4.69) is 21.2 Å². The van der Waals surface area contributed by atoms with Crippen LogP contribution in [0.3, 0.4) is 0 Å². The van der Waals surface area contributed by atoms with Crippen molar-refractivity contribution in [3.8, 4) is 0 Å². The predicted octanol–water partition coefficient (Wildman–Crippen LogP) is 4.38. The lowest BCUT2D eigenvalue weighted by Crippen LogP contribution is -2.09. The molecule has 0 bridgehead atoms. The van der Waals surface area contributed by atoms with E-state index in [1.807, 2.05) is 24.3 Å². The van der Waals surface area contributed by atoms with Gasteiger partial charge in [0, 0.05) is 16.6 Å². The summed E-state index contributed by atoms with van der Waals surface area (Å²) in [6.45, 7) is 0. The number of rotatable bonds is 3.